The number of nitrogen functional groups attached to an aromatic ring is 1. The number of aliphatic hydroxyl groups excluding tert-OH is 1. The summed E-state index contributed by atoms with van der Waals surface area (Å²) in [6.07, 6.45) is -1.47. The zero-order valence-electron chi connectivity index (χ0n) is 21.7. The molecule has 2 aromatic rings. The minimum absolute atomic E-state index is 0.00902. The Morgan fingerprint density at radius 3 is 2.53 bits per heavy atom. The number of ether oxygens (including phenoxy) is 3. The summed E-state index contributed by atoms with van der Waals surface area (Å²) in [5, 5.41) is 16.0. The first-order chi connectivity index (χ1) is 18.1. The molecule has 2 aromatic carbocycles. The van der Waals surface area contributed by atoms with Gasteiger partial charge in [0.2, 0.25) is 0 Å². The lowest BCUT2D eigenvalue weighted by Crippen LogP contribution is -2.52. The van der Waals surface area contributed by atoms with Gasteiger partial charge in [-0.3, -0.25) is 5.32 Å². The topological polar surface area (TPSA) is 149 Å². The number of aliphatic hydroxyl groups is 1. The zero-order chi connectivity index (χ0) is 27.3. The van der Waals surface area contributed by atoms with E-state index >= 15 is 0 Å². The Bertz CT molecular complexity index is 1160. The van der Waals surface area contributed by atoms with E-state index in [4.69, 9.17) is 19.9 Å². The van der Waals surface area contributed by atoms with Crippen molar-refractivity contribution in [2.75, 3.05) is 25.5 Å². The highest BCUT2D eigenvalue weighted by molar-refractivity contribution is 7.92. The van der Waals surface area contributed by atoms with Crippen molar-refractivity contribution in [3.63, 3.8) is 0 Å². The number of nitrogens with two attached hydrogens (primary N) is 1. The van der Waals surface area contributed by atoms with Gasteiger partial charge in [-0.1, -0.05) is 44.2 Å². The van der Waals surface area contributed by atoms with Crippen molar-refractivity contribution >= 4 is 21.6 Å². The first-order valence-corrected chi connectivity index (χ1v) is 14.4. The van der Waals surface area contributed by atoms with Gasteiger partial charge in [-0.2, -0.15) is 0 Å². The molecule has 11 heteroatoms. The fourth-order valence-corrected chi connectivity index (χ4v) is 6.75. The Hall–Kier alpha value is -2.70. The molecule has 0 spiro atoms. The predicted octanol–water partition coefficient (Wildman–Crippen LogP) is 2.07. The summed E-state index contributed by atoms with van der Waals surface area (Å²) >= 11 is 0. The quantitative estimate of drug-likeness (QED) is 0.310. The number of alkyl carbamates (subject to hydrolysis) is 1. The number of fused-ring (bicyclic) bond motifs is 1. The van der Waals surface area contributed by atoms with Crippen LogP contribution in [-0.2, 0) is 30.5 Å². The highest BCUT2D eigenvalue weighted by atomic mass is 32.2. The Kier molecular flexibility index (Phi) is 9.27. The number of benzene rings is 2. The normalized spacial score (nSPS) is 23.5. The monoisotopic (exact) mass is 547 g/mol. The first kappa shape index (κ1) is 28.3. The van der Waals surface area contributed by atoms with Gasteiger partial charge in [0.05, 0.1) is 36.2 Å². The molecule has 38 heavy (non-hydrogen) atoms. The molecule has 2 saturated heterocycles. The minimum Gasteiger partial charge on any atom is -0.443 e. The van der Waals surface area contributed by atoms with Crippen LogP contribution in [0.2, 0.25) is 0 Å². The largest absolute Gasteiger partial charge is 0.443 e. The number of carbonyl (C=O) groups excluding carboxylic acids is 1. The van der Waals surface area contributed by atoms with Gasteiger partial charge in [0.1, 0.15) is 11.5 Å². The maximum Gasteiger partial charge on any atom is 0.407 e. The maximum atomic E-state index is 13.3. The molecule has 6 unspecified atom stereocenters. The van der Waals surface area contributed by atoms with Crippen molar-refractivity contribution in [1.29, 1.82) is 0 Å². The Morgan fingerprint density at radius 1 is 1.13 bits per heavy atom. The van der Waals surface area contributed by atoms with Crippen LogP contribution in [0.15, 0.2) is 59.5 Å². The molecular formula is C27H37N3O7S. The molecule has 2 heterocycles. The summed E-state index contributed by atoms with van der Waals surface area (Å²) in [6.45, 7) is 4.34. The van der Waals surface area contributed by atoms with Crippen LogP contribution in [0.5, 0.6) is 0 Å². The number of hydrogen-bond donors (Lipinski definition) is 4. The fraction of sp³-hybridized carbons (Fsp3) is 0.519. The van der Waals surface area contributed by atoms with Gasteiger partial charge in [0, 0.05) is 12.2 Å². The SMILES string of the molecule is CC(C)C(NCC(O)C(Cc1ccccc1)NC(=O)OC1COC2OCCC12)S(=O)(=O)c1ccc(N)cc1. The number of rotatable bonds is 11. The van der Waals surface area contributed by atoms with Gasteiger partial charge in [-0.25, -0.2) is 13.2 Å². The summed E-state index contributed by atoms with van der Waals surface area (Å²) in [6, 6.07) is 14.7. The van der Waals surface area contributed by atoms with Crippen molar-refractivity contribution in [2.24, 2.45) is 11.8 Å². The van der Waals surface area contributed by atoms with Crippen LogP contribution >= 0.6 is 0 Å². The average molecular weight is 548 g/mol. The molecule has 0 aromatic heterocycles. The van der Waals surface area contributed by atoms with E-state index < -0.39 is 39.6 Å². The van der Waals surface area contributed by atoms with Gasteiger partial charge < -0.3 is 30.4 Å². The van der Waals surface area contributed by atoms with Crippen LogP contribution in [0.3, 0.4) is 0 Å². The molecule has 1 amide bonds. The van der Waals surface area contributed by atoms with Gasteiger partial charge in [0.25, 0.3) is 0 Å². The van der Waals surface area contributed by atoms with Crippen molar-refractivity contribution in [1.82, 2.24) is 10.6 Å². The van der Waals surface area contributed by atoms with E-state index in [9.17, 15) is 18.3 Å². The number of anilines is 1. The number of hydrogen-bond acceptors (Lipinski definition) is 9. The van der Waals surface area contributed by atoms with Crippen LogP contribution in [0, 0.1) is 11.8 Å². The van der Waals surface area contributed by atoms with Gasteiger partial charge in [-0.05, 0) is 48.6 Å². The number of nitrogens with one attached hydrogen (secondary N) is 2. The molecule has 6 atom stereocenters. The van der Waals surface area contributed by atoms with Crippen molar-refractivity contribution in [3.05, 3.63) is 60.2 Å². The van der Waals surface area contributed by atoms with E-state index in [1.807, 2.05) is 30.3 Å². The van der Waals surface area contributed by atoms with E-state index in [1.54, 1.807) is 26.0 Å². The molecule has 0 bridgehead atoms. The standard InChI is InChI=1S/C27H37N3O7S/c1-17(2)25(38(33,34)20-10-8-19(28)9-11-20)29-15-23(31)22(14-18-6-4-3-5-7-18)30-27(32)37-24-16-36-26-21(24)12-13-35-26/h3-11,17,21-26,29,31H,12-16,28H2,1-2H3,(H,30,32). The predicted molar refractivity (Wildman–Crippen MR) is 142 cm³/mol. The summed E-state index contributed by atoms with van der Waals surface area (Å²) in [7, 11) is -3.76. The summed E-state index contributed by atoms with van der Waals surface area (Å²) in [5.74, 6) is -0.301. The average Bonchev–Trinajstić information content (AvgIpc) is 3.49. The zero-order valence-corrected chi connectivity index (χ0v) is 22.5. The lowest BCUT2D eigenvalue weighted by Gasteiger charge is -2.28. The molecule has 2 aliphatic heterocycles. The smallest absolute Gasteiger partial charge is 0.407 e. The molecule has 0 saturated carbocycles. The molecule has 4 rings (SSSR count). The van der Waals surface area contributed by atoms with Crippen LogP contribution in [0.1, 0.15) is 25.8 Å². The van der Waals surface area contributed by atoms with E-state index in [-0.39, 0.29) is 36.2 Å². The second-order valence-corrected chi connectivity index (χ2v) is 12.2. The molecule has 2 fully saturated rings. The van der Waals surface area contributed by atoms with Crippen LogP contribution < -0.4 is 16.4 Å². The first-order valence-electron chi connectivity index (χ1n) is 12.9. The van der Waals surface area contributed by atoms with E-state index in [1.165, 1.54) is 12.1 Å². The van der Waals surface area contributed by atoms with Crippen LogP contribution in [0.25, 0.3) is 0 Å². The molecule has 5 N–H and O–H groups in total. The van der Waals surface area contributed by atoms with Crippen molar-refractivity contribution in [3.8, 4) is 0 Å². The van der Waals surface area contributed by atoms with E-state index in [2.05, 4.69) is 10.6 Å². The highest BCUT2D eigenvalue weighted by Gasteiger charge is 2.44. The molecule has 0 aliphatic carbocycles. The second kappa shape index (κ2) is 12.4. The van der Waals surface area contributed by atoms with Crippen LogP contribution in [0.4, 0.5) is 10.5 Å². The number of carbonyl (C=O) groups is 1. The fourth-order valence-electron chi connectivity index (χ4n) is 4.91. The Labute approximate surface area is 223 Å². The van der Waals surface area contributed by atoms with Crippen molar-refractivity contribution in [2.45, 2.75) is 61.5 Å². The van der Waals surface area contributed by atoms with E-state index in [0.717, 1.165) is 12.0 Å². The second-order valence-electron chi connectivity index (χ2n) is 10.2. The summed E-state index contributed by atoms with van der Waals surface area (Å²) in [4.78, 5) is 13.0. The number of sulfone groups is 1. The third kappa shape index (κ3) is 6.83. The molecule has 208 valence electrons. The molecule has 2 aliphatic rings. The van der Waals surface area contributed by atoms with E-state index in [0.29, 0.717) is 18.7 Å². The minimum atomic E-state index is -3.76. The molecule has 0 radical (unpaired) electrons. The van der Waals surface area contributed by atoms with Crippen LogP contribution in [-0.4, -0.2) is 69.3 Å². The maximum absolute atomic E-state index is 13.3. The Balaban J connectivity index is 1.43. The van der Waals surface area contributed by atoms with Gasteiger partial charge >= 0.3 is 6.09 Å². The Morgan fingerprint density at radius 2 is 1.84 bits per heavy atom. The lowest BCUT2D eigenvalue weighted by atomic mass is 10.0. The summed E-state index contributed by atoms with van der Waals surface area (Å²) in [5.41, 5.74) is 7.09. The van der Waals surface area contributed by atoms with Crippen molar-refractivity contribution < 1.29 is 32.5 Å². The van der Waals surface area contributed by atoms with Gasteiger partial charge in [0.15, 0.2) is 16.1 Å². The lowest BCUT2D eigenvalue weighted by molar-refractivity contribution is -0.0907. The summed E-state index contributed by atoms with van der Waals surface area (Å²) < 4.78 is 43.3. The van der Waals surface area contributed by atoms with Gasteiger partial charge in [-0.15, -0.1) is 0 Å². The highest BCUT2D eigenvalue weighted by Crippen LogP contribution is 2.33. The number of amides is 1. The third-order valence-electron chi connectivity index (χ3n) is 6.99. The third-order valence-corrected chi connectivity index (χ3v) is 9.30. The molecule has 10 nitrogen and oxygen atoms in total. The molecular weight excluding hydrogens is 510 g/mol.